The summed E-state index contributed by atoms with van der Waals surface area (Å²) in [6, 6.07) is 9.75. The highest BCUT2D eigenvalue weighted by atomic mass is 16.2. The first-order chi connectivity index (χ1) is 8.16. The van der Waals surface area contributed by atoms with E-state index in [0.29, 0.717) is 11.4 Å². The lowest BCUT2D eigenvalue weighted by atomic mass is 10.2. The fraction of sp³-hybridized carbons (Fsp3) is 0. The lowest BCUT2D eigenvalue weighted by Crippen LogP contribution is -2.22. The summed E-state index contributed by atoms with van der Waals surface area (Å²) in [4.78, 5) is 25.6. The molecule has 0 saturated heterocycles. The Morgan fingerprint density at radius 3 is 2.53 bits per heavy atom. The second-order valence-electron chi connectivity index (χ2n) is 3.49. The van der Waals surface area contributed by atoms with E-state index in [9.17, 15) is 9.59 Å². The van der Waals surface area contributed by atoms with E-state index >= 15 is 0 Å². The first-order valence-corrected chi connectivity index (χ1v) is 5.01. The number of aromatic amines is 1. The van der Waals surface area contributed by atoms with Gasteiger partial charge in [0.1, 0.15) is 5.56 Å². The molecule has 5 nitrogen and oxygen atoms in total. The molecule has 0 aliphatic rings. The lowest BCUT2D eigenvalue weighted by molar-refractivity contribution is 0.102. The highest BCUT2D eigenvalue weighted by Crippen LogP contribution is 2.11. The van der Waals surface area contributed by atoms with Crippen LogP contribution in [0.2, 0.25) is 0 Å². The molecule has 0 aliphatic carbocycles. The molecule has 4 N–H and O–H groups in total. The number of anilines is 2. The molecule has 0 unspecified atom stereocenters. The number of carbonyl (C=O) groups excluding carboxylic acids is 1. The standard InChI is InChI=1S/C12H11N3O2/c13-8-3-5-9(6-4-8)15-12(17)10-2-1-7-14-11(10)16/h1-7H,13H2,(H,14,16)(H,15,17). The summed E-state index contributed by atoms with van der Waals surface area (Å²) >= 11 is 0. The number of nitrogens with one attached hydrogen (secondary N) is 2. The topological polar surface area (TPSA) is 88.0 Å². The maximum absolute atomic E-state index is 11.8. The Morgan fingerprint density at radius 1 is 1.18 bits per heavy atom. The molecule has 1 amide bonds. The van der Waals surface area contributed by atoms with Gasteiger partial charge in [-0.3, -0.25) is 9.59 Å². The second kappa shape index (κ2) is 4.52. The van der Waals surface area contributed by atoms with Gasteiger partial charge in [0.15, 0.2) is 0 Å². The largest absolute Gasteiger partial charge is 0.399 e. The highest BCUT2D eigenvalue weighted by molar-refractivity contribution is 6.03. The molecule has 2 rings (SSSR count). The summed E-state index contributed by atoms with van der Waals surface area (Å²) in [5.74, 6) is -0.448. The third-order valence-electron chi connectivity index (χ3n) is 2.23. The number of aromatic nitrogens is 1. The summed E-state index contributed by atoms with van der Waals surface area (Å²) in [5.41, 5.74) is 6.38. The Hall–Kier alpha value is -2.56. The Morgan fingerprint density at radius 2 is 1.88 bits per heavy atom. The zero-order chi connectivity index (χ0) is 12.3. The van der Waals surface area contributed by atoms with Crippen molar-refractivity contribution in [3.05, 3.63) is 58.5 Å². The second-order valence-corrected chi connectivity index (χ2v) is 3.49. The summed E-state index contributed by atoms with van der Waals surface area (Å²) in [5, 5.41) is 2.61. The number of amides is 1. The monoisotopic (exact) mass is 229 g/mol. The van der Waals surface area contributed by atoms with Crippen molar-refractivity contribution in [3.8, 4) is 0 Å². The summed E-state index contributed by atoms with van der Waals surface area (Å²) < 4.78 is 0. The van der Waals surface area contributed by atoms with Crippen LogP contribution in [-0.4, -0.2) is 10.9 Å². The van der Waals surface area contributed by atoms with E-state index in [2.05, 4.69) is 10.3 Å². The van der Waals surface area contributed by atoms with Gasteiger partial charge in [0.25, 0.3) is 11.5 Å². The molecule has 0 spiro atoms. The van der Waals surface area contributed by atoms with Crippen LogP contribution in [0.25, 0.3) is 0 Å². The smallest absolute Gasteiger partial charge is 0.261 e. The lowest BCUT2D eigenvalue weighted by Gasteiger charge is -2.04. The van der Waals surface area contributed by atoms with Crippen molar-refractivity contribution in [2.75, 3.05) is 11.1 Å². The van der Waals surface area contributed by atoms with E-state index in [1.165, 1.54) is 12.3 Å². The number of nitrogens with two attached hydrogens (primary N) is 1. The van der Waals surface area contributed by atoms with Gasteiger partial charge in [-0.15, -0.1) is 0 Å². The van der Waals surface area contributed by atoms with E-state index < -0.39 is 11.5 Å². The predicted molar refractivity (Wildman–Crippen MR) is 65.9 cm³/mol. The minimum absolute atomic E-state index is 0.0734. The van der Waals surface area contributed by atoms with Crippen LogP contribution in [-0.2, 0) is 0 Å². The van der Waals surface area contributed by atoms with Crippen LogP contribution < -0.4 is 16.6 Å². The van der Waals surface area contributed by atoms with Gasteiger partial charge < -0.3 is 16.0 Å². The van der Waals surface area contributed by atoms with Gasteiger partial charge in [0, 0.05) is 17.6 Å². The molecule has 2 aromatic rings. The van der Waals surface area contributed by atoms with Crippen molar-refractivity contribution in [1.29, 1.82) is 0 Å². The normalized spacial score (nSPS) is 9.88. The number of pyridine rings is 1. The molecule has 0 bridgehead atoms. The Bertz CT molecular complexity index is 587. The highest BCUT2D eigenvalue weighted by Gasteiger charge is 2.09. The van der Waals surface area contributed by atoms with Crippen LogP contribution in [0.15, 0.2) is 47.4 Å². The van der Waals surface area contributed by atoms with E-state index in [4.69, 9.17) is 5.73 Å². The SMILES string of the molecule is Nc1ccc(NC(=O)c2ccc[nH]c2=O)cc1. The number of benzene rings is 1. The van der Waals surface area contributed by atoms with Crippen molar-refractivity contribution in [1.82, 2.24) is 4.98 Å². The van der Waals surface area contributed by atoms with Gasteiger partial charge in [0.2, 0.25) is 0 Å². The average Bonchev–Trinajstić information content (AvgIpc) is 2.32. The van der Waals surface area contributed by atoms with E-state index in [1.807, 2.05) is 0 Å². The van der Waals surface area contributed by atoms with Gasteiger partial charge in [-0.05, 0) is 36.4 Å². The van der Waals surface area contributed by atoms with E-state index in [-0.39, 0.29) is 5.56 Å². The molecule has 1 heterocycles. The molecular weight excluding hydrogens is 218 g/mol. The summed E-state index contributed by atoms with van der Waals surface area (Å²) in [6.07, 6.45) is 1.47. The maximum atomic E-state index is 11.8. The van der Waals surface area contributed by atoms with Gasteiger partial charge in [0.05, 0.1) is 0 Å². The number of hydrogen-bond acceptors (Lipinski definition) is 3. The molecule has 5 heteroatoms. The van der Waals surface area contributed by atoms with Crippen molar-refractivity contribution in [2.45, 2.75) is 0 Å². The molecule has 0 saturated carbocycles. The molecule has 0 aliphatic heterocycles. The molecule has 17 heavy (non-hydrogen) atoms. The number of rotatable bonds is 2. The first-order valence-electron chi connectivity index (χ1n) is 5.01. The zero-order valence-electron chi connectivity index (χ0n) is 8.94. The van der Waals surface area contributed by atoms with Gasteiger partial charge >= 0.3 is 0 Å². The van der Waals surface area contributed by atoms with E-state index in [1.54, 1.807) is 30.3 Å². The maximum Gasteiger partial charge on any atom is 0.261 e. The Balaban J connectivity index is 2.20. The average molecular weight is 229 g/mol. The minimum Gasteiger partial charge on any atom is -0.399 e. The van der Waals surface area contributed by atoms with E-state index in [0.717, 1.165) is 0 Å². The van der Waals surface area contributed by atoms with Crippen LogP contribution in [0, 0.1) is 0 Å². The number of hydrogen-bond donors (Lipinski definition) is 3. The van der Waals surface area contributed by atoms with Crippen molar-refractivity contribution < 1.29 is 4.79 Å². The molecule has 1 aromatic heterocycles. The quantitative estimate of drug-likeness (QED) is 0.676. The molecule has 86 valence electrons. The summed E-state index contributed by atoms with van der Waals surface area (Å²) in [7, 11) is 0. The molecule has 0 fully saturated rings. The first kappa shape index (κ1) is 10.9. The van der Waals surface area contributed by atoms with Crippen LogP contribution in [0.3, 0.4) is 0 Å². The molecule has 0 radical (unpaired) electrons. The van der Waals surface area contributed by atoms with Crippen molar-refractivity contribution >= 4 is 17.3 Å². The van der Waals surface area contributed by atoms with Gasteiger partial charge in [-0.1, -0.05) is 0 Å². The van der Waals surface area contributed by atoms with Crippen LogP contribution in [0.1, 0.15) is 10.4 Å². The Kier molecular flexibility index (Phi) is 2.91. The number of H-pyrrole nitrogens is 1. The third-order valence-corrected chi connectivity index (χ3v) is 2.23. The minimum atomic E-state index is -0.448. The van der Waals surface area contributed by atoms with Crippen LogP contribution >= 0.6 is 0 Å². The molecule has 1 aromatic carbocycles. The van der Waals surface area contributed by atoms with Crippen LogP contribution in [0.5, 0.6) is 0 Å². The molecule has 0 atom stereocenters. The number of nitrogen functional groups attached to an aromatic ring is 1. The van der Waals surface area contributed by atoms with Crippen molar-refractivity contribution in [2.24, 2.45) is 0 Å². The zero-order valence-corrected chi connectivity index (χ0v) is 8.94. The third kappa shape index (κ3) is 2.52. The summed E-state index contributed by atoms with van der Waals surface area (Å²) in [6.45, 7) is 0. The van der Waals surface area contributed by atoms with Gasteiger partial charge in [-0.2, -0.15) is 0 Å². The van der Waals surface area contributed by atoms with Gasteiger partial charge in [-0.25, -0.2) is 0 Å². The number of carbonyl (C=O) groups is 1. The predicted octanol–water partition coefficient (Wildman–Crippen LogP) is 1.21. The molecular formula is C12H11N3O2. The fourth-order valence-corrected chi connectivity index (χ4v) is 1.37. The van der Waals surface area contributed by atoms with Crippen LogP contribution in [0.4, 0.5) is 11.4 Å². The van der Waals surface area contributed by atoms with Crippen molar-refractivity contribution in [3.63, 3.8) is 0 Å². The fourth-order valence-electron chi connectivity index (χ4n) is 1.37. The Labute approximate surface area is 97.3 Å².